The summed E-state index contributed by atoms with van der Waals surface area (Å²) in [5.74, 6) is 0.912. The van der Waals surface area contributed by atoms with Gasteiger partial charge in [-0.25, -0.2) is 0 Å². The molecule has 0 N–H and O–H groups in total. The molecule has 0 unspecified atom stereocenters. The molecule has 0 spiro atoms. The van der Waals surface area contributed by atoms with Crippen LogP contribution >= 0.6 is 0 Å². The fourth-order valence-electron chi connectivity index (χ4n) is 1.17. The van der Waals surface area contributed by atoms with E-state index < -0.39 is 0 Å². The standard InChI is InChI=1S/C13H18O/c1-3-5-6-11-14-13-9-7-12(4-2)8-10-13/h6-11H,3-5H2,1-2H3/b11-6+. The highest BCUT2D eigenvalue weighted by Crippen LogP contribution is 2.12. The Kier molecular flexibility index (Phi) is 4.84. The first kappa shape index (κ1) is 10.8. The number of rotatable bonds is 5. The summed E-state index contributed by atoms with van der Waals surface area (Å²) in [6.45, 7) is 4.30. The second-order valence-electron chi connectivity index (χ2n) is 3.28. The minimum atomic E-state index is 0.912. The molecule has 0 saturated carbocycles. The smallest absolute Gasteiger partial charge is 0.126 e. The van der Waals surface area contributed by atoms with Gasteiger partial charge in [-0.2, -0.15) is 0 Å². The van der Waals surface area contributed by atoms with E-state index in [4.69, 9.17) is 4.74 Å². The van der Waals surface area contributed by atoms with E-state index in [-0.39, 0.29) is 0 Å². The van der Waals surface area contributed by atoms with E-state index in [1.165, 1.54) is 5.56 Å². The van der Waals surface area contributed by atoms with Crippen LogP contribution < -0.4 is 4.74 Å². The van der Waals surface area contributed by atoms with Crippen LogP contribution in [-0.4, -0.2) is 0 Å². The Morgan fingerprint density at radius 1 is 1.14 bits per heavy atom. The molecule has 0 amide bonds. The van der Waals surface area contributed by atoms with Crippen LogP contribution in [0.3, 0.4) is 0 Å². The van der Waals surface area contributed by atoms with Crippen LogP contribution in [-0.2, 0) is 6.42 Å². The minimum absolute atomic E-state index is 0.912. The van der Waals surface area contributed by atoms with Crippen molar-refractivity contribution in [2.75, 3.05) is 0 Å². The molecule has 1 rings (SSSR count). The van der Waals surface area contributed by atoms with Gasteiger partial charge in [-0.3, -0.25) is 0 Å². The number of unbranched alkanes of at least 4 members (excludes halogenated alkanes) is 1. The van der Waals surface area contributed by atoms with Gasteiger partial charge in [0.05, 0.1) is 6.26 Å². The zero-order valence-electron chi connectivity index (χ0n) is 8.99. The number of aryl methyl sites for hydroxylation is 1. The van der Waals surface area contributed by atoms with Crippen LogP contribution in [0.4, 0.5) is 0 Å². The molecule has 0 atom stereocenters. The van der Waals surface area contributed by atoms with Crippen LogP contribution in [0.15, 0.2) is 36.6 Å². The summed E-state index contributed by atoms with van der Waals surface area (Å²) in [6, 6.07) is 8.22. The predicted molar refractivity (Wildman–Crippen MR) is 60.5 cm³/mol. The van der Waals surface area contributed by atoms with Gasteiger partial charge in [0.15, 0.2) is 0 Å². The van der Waals surface area contributed by atoms with Gasteiger partial charge >= 0.3 is 0 Å². The van der Waals surface area contributed by atoms with Crippen molar-refractivity contribution < 1.29 is 4.74 Å². The van der Waals surface area contributed by atoms with Gasteiger partial charge in [-0.05, 0) is 36.6 Å². The number of ether oxygens (including phenoxy) is 1. The summed E-state index contributed by atoms with van der Waals surface area (Å²) in [7, 11) is 0. The first-order valence-electron chi connectivity index (χ1n) is 5.27. The maximum atomic E-state index is 5.43. The Labute approximate surface area is 86.4 Å². The molecule has 0 bridgehead atoms. The van der Waals surface area contributed by atoms with Gasteiger partial charge in [-0.1, -0.05) is 32.4 Å². The number of allylic oxidation sites excluding steroid dienone is 1. The van der Waals surface area contributed by atoms with Crippen molar-refractivity contribution in [1.29, 1.82) is 0 Å². The third-order valence-corrected chi connectivity index (χ3v) is 2.09. The van der Waals surface area contributed by atoms with E-state index in [1.807, 2.05) is 18.2 Å². The van der Waals surface area contributed by atoms with Crippen molar-refractivity contribution in [3.63, 3.8) is 0 Å². The molecule has 0 fully saturated rings. The third kappa shape index (κ3) is 3.65. The quantitative estimate of drug-likeness (QED) is 0.639. The van der Waals surface area contributed by atoms with E-state index >= 15 is 0 Å². The summed E-state index contributed by atoms with van der Waals surface area (Å²) in [4.78, 5) is 0. The largest absolute Gasteiger partial charge is 0.465 e. The summed E-state index contributed by atoms with van der Waals surface area (Å²) in [5, 5.41) is 0. The van der Waals surface area contributed by atoms with Crippen LogP contribution in [0.25, 0.3) is 0 Å². The van der Waals surface area contributed by atoms with E-state index in [0.717, 1.165) is 25.0 Å². The maximum Gasteiger partial charge on any atom is 0.126 e. The molecule has 1 nitrogen and oxygen atoms in total. The lowest BCUT2D eigenvalue weighted by Crippen LogP contribution is -1.83. The molecule has 0 aliphatic carbocycles. The van der Waals surface area contributed by atoms with Crippen molar-refractivity contribution in [1.82, 2.24) is 0 Å². The van der Waals surface area contributed by atoms with Gasteiger partial charge in [0.25, 0.3) is 0 Å². The van der Waals surface area contributed by atoms with Gasteiger partial charge in [0.2, 0.25) is 0 Å². The monoisotopic (exact) mass is 190 g/mol. The Hall–Kier alpha value is -1.24. The minimum Gasteiger partial charge on any atom is -0.465 e. The average Bonchev–Trinajstić information content (AvgIpc) is 2.25. The lowest BCUT2D eigenvalue weighted by atomic mass is 10.2. The fraction of sp³-hybridized carbons (Fsp3) is 0.385. The maximum absolute atomic E-state index is 5.43. The van der Waals surface area contributed by atoms with Crippen molar-refractivity contribution >= 4 is 0 Å². The first-order valence-corrected chi connectivity index (χ1v) is 5.27. The second-order valence-corrected chi connectivity index (χ2v) is 3.28. The molecule has 1 aromatic rings. The zero-order valence-corrected chi connectivity index (χ0v) is 8.99. The normalized spacial score (nSPS) is 10.7. The molecule has 1 heteroatoms. The SMILES string of the molecule is CCC/C=C/Oc1ccc(CC)cc1. The summed E-state index contributed by atoms with van der Waals surface area (Å²) >= 11 is 0. The van der Waals surface area contributed by atoms with E-state index in [0.29, 0.717) is 0 Å². The molecule has 0 saturated heterocycles. The van der Waals surface area contributed by atoms with Crippen LogP contribution in [0.5, 0.6) is 5.75 Å². The Morgan fingerprint density at radius 2 is 1.86 bits per heavy atom. The van der Waals surface area contributed by atoms with E-state index in [1.54, 1.807) is 6.26 Å². The number of benzene rings is 1. The number of hydrogen-bond donors (Lipinski definition) is 0. The molecule has 1 aromatic carbocycles. The third-order valence-electron chi connectivity index (χ3n) is 2.09. The molecule has 14 heavy (non-hydrogen) atoms. The average molecular weight is 190 g/mol. The number of hydrogen-bond acceptors (Lipinski definition) is 1. The topological polar surface area (TPSA) is 9.23 Å². The van der Waals surface area contributed by atoms with Crippen LogP contribution in [0.2, 0.25) is 0 Å². The van der Waals surface area contributed by atoms with E-state index in [2.05, 4.69) is 26.0 Å². The van der Waals surface area contributed by atoms with Crippen molar-refractivity contribution in [2.24, 2.45) is 0 Å². The Balaban J connectivity index is 2.43. The molecule has 0 radical (unpaired) electrons. The van der Waals surface area contributed by atoms with Crippen LogP contribution in [0, 0.1) is 0 Å². The summed E-state index contributed by atoms with van der Waals surface area (Å²) < 4.78 is 5.43. The fourth-order valence-corrected chi connectivity index (χ4v) is 1.17. The van der Waals surface area contributed by atoms with Crippen molar-refractivity contribution in [3.8, 4) is 5.75 Å². The van der Waals surface area contributed by atoms with Crippen LogP contribution in [0.1, 0.15) is 32.3 Å². The molecular formula is C13H18O. The highest BCUT2D eigenvalue weighted by atomic mass is 16.5. The predicted octanol–water partition coefficient (Wildman–Crippen LogP) is 3.94. The Morgan fingerprint density at radius 3 is 2.43 bits per heavy atom. The lowest BCUT2D eigenvalue weighted by molar-refractivity contribution is 0.478. The highest BCUT2D eigenvalue weighted by Gasteiger charge is 1.90. The second kappa shape index (κ2) is 6.25. The zero-order chi connectivity index (χ0) is 10.2. The van der Waals surface area contributed by atoms with Crippen molar-refractivity contribution in [3.05, 3.63) is 42.2 Å². The lowest BCUT2D eigenvalue weighted by Gasteiger charge is -2.00. The van der Waals surface area contributed by atoms with Gasteiger partial charge in [-0.15, -0.1) is 0 Å². The van der Waals surface area contributed by atoms with Gasteiger partial charge in [0, 0.05) is 0 Å². The molecule has 0 aliphatic rings. The summed E-state index contributed by atoms with van der Waals surface area (Å²) in [6.07, 6.45) is 7.13. The van der Waals surface area contributed by atoms with Crippen molar-refractivity contribution in [2.45, 2.75) is 33.1 Å². The van der Waals surface area contributed by atoms with E-state index in [9.17, 15) is 0 Å². The molecular weight excluding hydrogens is 172 g/mol. The summed E-state index contributed by atoms with van der Waals surface area (Å²) in [5.41, 5.74) is 1.34. The Bertz CT molecular complexity index is 272. The first-order chi connectivity index (χ1) is 6.86. The molecule has 76 valence electrons. The highest BCUT2D eigenvalue weighted by molar-refractivity contribution is 5.27. The molecule has 0 aliphatic heterocycles. The molecule has 0 heterocycles. The van der Waals surface area contributed by atoms with Gasteiger partial charge < -0.3 is 4.74 Å². The molecule has 0 aromatic heterocycles. The van der Waals surface area contributed by atoms with Gasteiger partial charge in [0.1, 0.15) is 5.75 Å².